The molecule has 0 atom stereocenters. The summed E-state index contributed by atoms with van der Waals surface area (Å²) >= 11 is 6.44. The maximum atomic E-state index is 11.6. The Balaban J connectivity index is 3.27. The maximum absolute atomic E-state index is 11.6. The van der Waals surface area contributed by atoms with Crippen molar-refractivity contribution in [3.8, 4) is 11.5 Å². The molecule has 1 rings (SSSR count). The monoisotopic (exact) mass is 336 g/mol. The minimum absolute atomic E-state index is 0.0322. The highest BCUT2D eigenvalue weighted by Crippen LogP contribution is 2.33. The summed E-state index contributed by atoms with van der Waals surface area (Å²) in [6.45, 7) is 0. The summed E-state index contributed by atoms with van der Waals surface area (Å²) in [6.07, 6.45) is 0. The Morgan fingerprint density at radius 2 is 1.87 bits per heavy atom. The van der Waals surface area contributed by atoms with E-state index in [-0.39, 0.29) is 11.1 Å². The molecule has 0 fully saturated rings. The number of carbonyl (C=O) groups is 1. The molecule has 0 aliphatic heterocycles. The highest BCUT2D eigenvalue weighted by atomic mass is 79.9. The molecule has 15 heavy (non-hydrogen) atoms. The van der Waals surface area contributed by atoms with Gasteiger partial charge in [-0.25, -0.2) is 0 Å². The molecule has 0 radical (unpaired) electrons. The van der Waals surface area contributed by atoms with Crippen LogP contribution in [0.15, 0.2) is 16.6 Å². The second kappa shape index (κ2) is 5.51. The first-order valence-electron chi connectivity index (χ1n) is 4.14. The van der Waals surface area contributed by atoms with E-state index >= 15 is 0 Å². The number of halogens is 2. The maximum Gasteiger partial charge on any atom is 0.177 e. The smallest absolute Gasteiger partial charge is 0.177 e. The van der Waals surface area contributed by atoms with Crippen LogP contribution in [0.25, 0.3) is 0 Å². The standard InChI is InChI=1S/C10H10Br2O3/c1-14-9-4-10(15-2)7(12)3-6(9)8(13)5-11/h3-4H,5H2,1-2H3. The third-order valence-corrected chi connectivity index (χ3v) is 3.02. The van der Waals surface area contributed by atoms with Crippen LogP contribution in [0.3, 0.4) is 0 Å². The fourth-order valence-electron chi connectivity index (χ4n) is 1.15. The number of ether oxygens (including phenoxy) is 2. The second-order valence-electron chi connectivity index (χ2n) is 2.74. The molecule has 3 nitrogen and oxygen atoms in total. The van der Waals surface area contributed by atoms with E-state index in [0.717, 1.165) is 4.47 Å². The van der Waals surface area contributed by atoms with Gasteiger partial charge in [-0.15, -0.1) is 0 Å². The lowest BCUT2D eigenvalue weighted by Crippen LogP contribution is -2.03. The van der Waals surface area contributed by atoms with Crippen molar-refractivity contribution in [3.63, 3.8) is 0 Å². The fourth-order valence-corrected chi connectivity index (χ4v) is 1.96. The summed E-state index contributed by atoms with van der Waals surface area (Å²) in [7, 11) is 3.08. The number of benzene rings is 1. The van der Waals surface area contributed by atoms with E-state index in [0.29, 0.717) is 17.1 Å². The summed E-state index contributed by atoms with van der Waals surface area (Å²) in [5, 5.41) is 0.266. The molecule has 0 aliphatic rings. The van der Waals surface area contributed by atoms with Gasteiger partial charge >= 0.3 is 0 Å². The largest absolute Gasteiger partial charge is 0.496 e. The van der Waals surface area contributed by atoms with Gasteiger partial charge < -0.3 is 9.47 Å². The van der Waals surface area contributed by atoms with Crippen LogP contribution >= 0.6 is 31.9 Å². The SMILES string of the molecule is COc1cc(OC)c(C(=O)CBr)cc1Br. The van der Waals surface area contributed by atoms with Crippen molar-refractivity contribution in [1.82, 2.24) is 0 Å². The van der Waals surface area contributed by atoms with Crippen LogP contribution < -0.4 is 9.47 Å². The molecule has 0 bridgehead atoms. The molecule has 0 amide bonds. The summed E-state index contributed by atoms with van der Waals surface area (Å²) in [4.78, 5) is 11.6. The molecular formula is C10H10Br2O3. The summed E-state index contributed by atoms with van der Waals surface area (Å²) < 4.78 is 11.0. The van der Waals surface area contributed by atoms with Crippen LogP contribution in [-0.2, 0) is 0 Å². The minimum atomic E-state index is -0.0322. The number of carbonyl (C=O) groups excluding carboxylic acids is 1. The van der Waals surface area contributed by atoms with Crippen LogP contribution in [0.4, 0.5) is 0 Å². The number of hydrogen-bond donors (Lipinski definition) is 0. The molecule has 0 unspecified atom stereocenters. The Hall–Kier alpha value is -0.550. The van der Waals surface area contributed by atoms with Gasteiger partial charge in [-0.2, -0.15) is 0 Å². The number of alkyl halides is 1. The third kappa shape index (κ3) is 2.72. The zero-order valence-electron chi connectivity index (χ0n) is 8.34. The zero-order chi connectivity index (χ0) is 11.4. The normalized spacial score (nSPS) is 9.87. The van der Waals surface area contributed by atoms with Gasteiger partial charge in [0.15, 0.2) is 5.78 Å². The lowest BCUT2D eigenvalue weighted by Gasteiger charge is -2.10. The lowest BCUT2D eigenvalue weighted by atomic mass is 10.1. The quantitative estimate of drug-likeness (QED) is 0.625. The van der Waals surface area contributed by atoms with Crippen LogP contribution in [0, 0.1) is 0 Å². The van der Waals surface area contributed by atoms with Crippen LogP contribution in [0.2, 0.25) is 0 Å². The molecule has 82 valence electrons. The summed E-state index contributed by atoms with van der Waals surface area (Å²) in [5.74, 6) is 1.12. The van der Waals surface area contributed by atoms with Crippen molar-refractivity contribution in [1.29, 1.82) is 0 Å². The fraction of sp³-hybridized carbons (Fsp3) is 0.300. The molecule has 5 heteroatoms. The lowest BCUT2D eigenvalue weighted by molar-refractivity contribution is 0.102. The molecule has 1 aromatic carbocycles. The summed E-state index contributed by atoms with van der Waals surface area (Å²) in [5.41, 5.74) is 0.530. The number of ketones is 1. The van der Waals surface area contributed by atoms with Gasteiger partial charge in [0.1, 0.15) is 11.5 Å². The molecule has 0 spiro atoms. The van der Waals surface area contributed by atoms with Gasteiger partial charge in [0.05, 0.1) is 29.6 Å². The van der Waals surface area contributed by atoms with E-state index in [4.69, 9.17) is 9.47 Å². The van der Waals surface area contributed by atoms with Crippen LogP contribution in [0.5, 0.6) is 11.5 Å². The Labute approximate surface area is 105 Å². The third-order valence-electron chi connectivity index (χ3n) is 1.90. The van der Waals surface area contributed by atoms with Crippen LogP contribution in [0.1, 0.15) is 10.4 Å². The number of Topliss-reactive ketones (excluding diaryl/α,β-unsaturated/α-hetero) is 1. The molecule has 1 aromatic rings. The highest BCUT2D eigenvalue weighted by molar-refractivity contribution is 9.10. The first-order valence-corrected chi connectivity index (χ1v) is 6.06. The van der Waals surface area contributed by atoms with E-state index in [9.17, 15) is 4.79 Å². The van der Waals surface area contributed by atoms with Gasteiger partial charge in [-0.3, -0.25) is 4.79 Å². The minimum Gasteiger partial charge on any atom is -0.496 e. The molecule has 0 saturated heterocycles. The van der Waals surface area contributed by atoms with Crippen molar-refractivity contribution in [3.05, 3.63) is 22.2 Å². The molecule has 0 aromatic heterocycles. The van der Waals surface area contributed by atoms with Gasteiger partial charge in [0.25, 0.3) is 0 Å². The Kier molecular flexibility index (Phi) is 4.60. The number of rotatable bonds is 4. The van der Waals surface area contributed by atoms with Crippen molar-refractivity contribution >= 4 is 37.6 Å². The average Bonchev–Trinajstić information content (AvgIpc) is 2.27. The van der Waals surface area contributed by atoms with Gasteiger partial charge in [-0.05, 0) is 22.0 Å². The first-order chi connectivity index (χ1) is 7.13. The molecule has 0 heterocycles. The Morgan fingerprint density at radius 1 is 1.27 bits per heavy atom. The second-order valence-corrected chi connectivity index (χ2v) is 4.16. The van der Waals surface area contributed by atoms with E-state index in [1.807, 2.05) is 0 Å². The van der Waals surface area contributed by atoms with Gasteiger partial charge in [0, 0.05) is 6.07 Å². The van der Waals surface area contributed by atoms with E-state index in [1.54, 1.807) is 19.2 Å². The Morgan fingerprint density at radius 3 is 2.33 bits per heavy atom. The summed E-state index contributed by atoms with van der Waals surface area (Å²) in [6, 6.07) is 3.38. The van der Waals surface area contributed by atoms with E-state index in [1.165, 1.54) is 7.11 Å². The topological polar surface area (TPSA) is 35.5 Å². The zero-order valence-corrected chi connectivity index (χ0v) is 11.5. The van der Waals surface area contributed by atoms with E-state index < -0.39 is 0 Å². The molecular weight excluding hydrogens is 328 g/mol. The van der Waals surface area contributed by atoms with Gasteiger partial charge in [0.2, 0.25) is 0 Å². The van der Waals surface area contributed by atoms with Crippen molar-refractivity contribution in [2.75, 3.05) is 19.5 Å². The first kappa shape index (κ1) is 12.5. The predicted octanol–water partition coefficient (Wildman–Crippen LogP) is 3.04. The Bertz CT molecular complexity index is 377. The number of methoxy groups -OCH3 is 2. The predicted molar refractivity (Wildman–Crippen MR) is 65.4 cm³/mol. The molecule has 0 aliphatic carbocycles. The van der Waals surface area contributed by atoms with Crippen LogP contribution in [-0.4, -0.2) is 25.3 Å². The van der Waals surface area contributed by atoms with Gasteiger partial charge in [-0.1, -0.05) is 15.9 Å². The van der Waals surface area contributed by atoms with E-state index in [2.05, 4.69) is 31.9 Å². The highest BCUT2D eigenvalue weighted by Gasteiger charge is 2.14. The molecule has 0 saturated carbocycles. The van der Waals surface area contributed by atoms with Crippen molar-refractivity contribution < 1.29 is 14.3 Å². The number of hydrogen-bond acceptors (Lipinski definition) is 3. The molecule has 0 N–H and O–H groups in total. The van der Waals surface area contributed by atoms with Crippen molar-refractivity contribution in [2.24, 2.45) is 0 Å². The average molecular weight is 338 g/mol. The van der Waals surface area contributed by atoms with Crippen molar-refractivity contribution in [2.45, 2.75) is 0 Å².